The highest BCUT2D eigenvalue weighted by molar-refractivity contribution is 5.85. The van der Waals surface area contributed by atoms with E-state index in [1.165, 1.54) is 51.4 Å². The second-order valence-corrected chi connectivity index (χ2v) is 7.76. The van der Waals surface area contributed by atoms with Gasteiger partial charge in [0.15, 0.2) is 0 Å². The Morgan fingerprint density at radius 2 is 1.48 bits per heavy atom. The van der Waals surface area contributed by atoms with Gasteiger partial charge in [-0.1, -0.05) is 25.7 Å². The lowest BCUT2D eigenvalue weighted by Crippen LogP contribution is -2.51. The molecule has 3 fully saturated rings. The number of nitrogens with zero attached hydrogens (tertiary/aromatic N) is 2. The topological polar surface area (TPSA) is 44.8 Å². The Labute approximate surface area is 159 Å². The highest BCUT2D eigenvalue weighted by atomic mass is 35.5. The molecule has 6 heteroatoms. The molecule has 2 saturated carbocycles. The molecule has 146 valence electrons. The molecule has 2 aliphatic carbocycles. The highest BCUT2D eigenvalue weighted by Crippen LogP contribution is 2.21. The first kappa shape index (κ1) is 20.8. The van der Waals surface area contributed by atoms with Gasteiger partial charge in [0, 0.05) is 45.3 Å². The molecule has 1 saturated heterocycles. The standard InChI is InChI=1S/C19H35N3O2.ClH/c23-19(24-18-9-5-2-6-10-18)22-15-13-21(14-16-22)12-11-20-17-7-3-1-4-8-17;/h17-18,20H,1-16H2;1H. The zero-order chi connectivity index (χ0) is 16.6. The SMILES string of the molecule is Cl.O=C(OC1CCCCC1)N1CCN(CCNC2CCCCC2)CC1. The molecular weight excluding hydrogens is 338 g/mol. The van der Waals surface area contributed by atoms with Crippen LogP contribution in [0.3, 0.4) is 0 Å². The highest BCUT2D eigenvalue weighted by Gasteiger charge is 2.25. The number of piperazine rings is 1. The number of rotatable bonds is 5. The summed E-state index contributed by atoms with van der Waals surface area (Å²) in [5.41, 5.74) is 0. The van der Waals surface area contributed by atoms with E-state index in [2.05, 4.69) is 10.2 Å². The number of carbonyl (C=O) groups excluding carboxylic acids is 1. The fraction of sp³-hybridized carbons (Fsp3) is 0.947. The van der Waals surface area contributed by atoms with Crippen molar-refractivity contribution >= 4 is 18.5 Å². The molecule has 3 aliphatic rings. The van der Waals surface area contributed by atoms with Gasteiger partial charge in [-0.05, 0) is 38.5 Å². The first-order chi connectivity index (χ1) is 11.8. The van der Waals surface area contributed by atoms with Crippen LogP contribution in [0.1, 0.15) is 64.2 Å². The summed E-state index contributed by atoms with van der Waals surface area (Å²) in [5, 5.41) is 3.71. The summed E-state index contributed by atoms with van der Waals surface area (Å²) in [4.78, 5) is 16.6. The van der Waals surface area contributed by atoms with Gasteiger partial charge < -0.3 is 15.0 Å². The summed E-state index contributed by atoms with van der Waals surface area (Å²) in [7, 11) is 0. The van der Waals surface area contributed by atoms with E-state index in [1.54, 1.807) is 0 Å². The summed E-state index contributed by atoms with van der Waals surface area (Å²) in [6.07, 6.45) is 12.8. The lowest BCUT2D eigenvalue weighted by Gasteiger charge is -2.35. The molecule has 0 radical (unpaired) electrons. The van der Waals surface area contributed by atoms with Gasteiger partial charge in [0.2, 0.25) is 0 Å². The number of carbonyl (C=O) groups is 1. The van der Waals surface area contributed by atoms with Crippen molar-refractivity contribution in [2.24, 2.45) is 0 Å². The number of halogens is 1. The minimum atomic E-state index is -0.0816. The number of ether oxygens (including phenoxy) is 1. The van der Waals surface area contributed by atoms with Crippen LogP contribution in [0.5, 0.6) is 0 Å². The molecular formula is C19H36ClN3O2. The summed E-state index contributed by atoms with van der Waals surface area (Å²) in [6, 6.07) is 0.741. The maximum atomic E-state index is 12.3. The van der Waals surface area contributed by atoms with Crippen molar-refractivity contribution < 1.29 is 9.53 Å². The van der Waals surface area contributed by atoms with Gasteiger partial charge in [0.1, 0.15) is 6.10 Å². The van der Waals surface area contributed by atoms with Crippen LogP contribution in [0.4, 0.5) is 4.79 Å². The Morgan fingerprint density at radius 3 is 2.12 bits per heavy atom. The van der Waals surface area contributed by atoms with Crippen LogP contribution in [-0.4, -0.2) is 67.3 Å². The van der Waals surface area contributed by atoms with Gasteiger partial charge in [-0.15, -0.1) is 12.4 Å². The number of amides is 1. The quantitative estimate of drug-likeness (QED) is 0.802. The first-order valence-electron chi connectivity index (χ1n) is 10.2. The molecule has 0 unspecified atom stereocenters. The molecule has 25 heavy (non-hydrogen) atoms. The molecule has 0 bridgehead atoms. The molecule has 0 atom stereocenters. The Morgan fingerprint density at radius 1 is 0.880 bits per heavy atom. The molecule has 1 amide bonds. The van der Waals surface area contributed by atoms with E-state index in [-0.39, 0.29) is 24.6 Å². The Bertz CT molecular complexity index is 377. The fourth-order valence-corrected chi connectivity index (χ4v) is 4.29. The second-order valence-electron chi connectivity index (χ2n) is 7.76. The lowest BCUT2D eigenvalue weighted by atomic mass is 9.95. The molecule has 1 aliphatic heterocycles. The van der Waals surface area contributed by atoms with Crippen LogP contribution < -0.4 is 5.32 Å². The lowest BCUT2D eigenvalue weighted by molar-refractivity contribution is 0.0329. The maximum Gasteiger partial charge on any atom is 0.410 e. The van der Waals surface area contributed by atoms with Crippen LogP contribution >= 0.6 is 12.4 Å². The van der Waals surface area contributed by atoms with Crippen molar-refractivity contribution in [3.05, 3.63) is 0 Å². The molecule has 1 N–H and O–H groups in total. The predicted molar refractivity (Wildman–Crippen MR) is 103 cm³/mol. The van der Waals surface area contributed by atoms with Gasteiger partial charge in [-0.2, -0.15) is 0 Å². The number of nitrogens with one attached hydrogen (secondary N) is 1. The van der Waals surface area contributed by atoms with Crippen molar-refractivity contribution in [3.63, 3.8) is 0 Å². The molecule has 0 aromatic heterocycles. The van der Waals surface area contributed by atoms with Crippen molar-refractivity contribution in [3.8, 4) is 0 Å². The summed E-state index contributed by atoms with van der Waals surface area (Å²) >= 11 is 0. The molecule has 0 spiro atoms. The molecule has 0 aromatic carbocycles. The van der Waals surface area contributed by atoms with Crippen LogP contribution in [0, 0.1) is 0 Å². The van der Waals surface area contributed by atoms with Gasteiger partial charge >= 0.3 is 6.09 Å². The van der Waals surface area contributed by atoms with Crippen LogP contribution in [0.25, 0.3) is 0 Å². The summed E-state index contributed by atoms with van der Waals surface area (Å²) in [5.74, 6) is 0. The molecule has 1 heterocycles. The third-order valence-corrected chi connectivity index (χ3v) is 5.92. The predicted octanol–water partition coefficient (Wildman–Crippen LogP) is 3.42. The van der Waals surface area contributed by atoms with Gasteiger partial charge in [0.05, 0.1) is 0 Å². The average molecular weight is 374 g/mol. The molecule has 5 nitrogen and oxygen atoms in total. The first-order valence-corrected chi connectivity index (χ1v) is 10.2. The second kappa shape index (κ2) is 11.2. The van der Waals surface area contributed by atoms with E-state index < -0.39 is 0 Å². The van der Waals surface area contributed by atoms with Crippen LogP contribution in [0.15, 0.2) is 0 Å². The van der Waals surface area contributed by atoms with E-state index in [0.717, 1.165) is 58.2 Å². The van der Waals surface area contributed by atoms with Crippen molar-refractivity contribution in [1.82, 2.24) is 15.1 Å². The Hall–Kier alpha value is -0.520. The van der Waals surface area contributed by atoms with Crippen molar-refractivity contribution in [2.75, 3.05) is 39.3 Å². The number of hydrogen-bond acceptors (Lipinski definition) is 4. The average Bonchev–Trinajstić information content (AvgIpc) is 2.64. The maximum absolute atomic E-state index is 12.3. The van der Waals surface area contributed by atoms with Crippen molar-refractivity contribution in [2.45, 2.75) is 76.4 Å². The summed E-state index contributed by atoms with van der Waals surface area (Å²) < 4.78 is 5.68. The zero-order valence-corrected chi connectivity index (χ0v) is 16.4. The van der Waals surface area contributed by atoms with Crippen LogP contribution in [0.2, 0.25) is 0 Å². The van der Waals surface area contributed by atoms with Crippen molar-refractivity contribution in [1.29, 1.82) is 0 Å². The Balaban J connectivity index is 0.00000225. The molecule has 3 rings (SSSR count). The Kier molecular flexibility index (Phi) is 9.35. The third kappa shape index (κ3) is 6.95. The number of hydrogen-bond donors (Lipinski definition) is 1. The van der Waals surface area contributed by atoms with E-state index in [0.29, 0.717) is 0 Å². The van der Waals surface area contributed by atoms with E-state index in [4.69, 9.17) is 4.74 Å². The van der Waals surface area contributed by atoms with Gasteiger partial charge in [-0.25, -0.2) is 4.79 Å². The van der Waals surface area contributed by atoms with Gasteiger partial charge in [0.25, 0.3) is 0 Å². The van der Waals surface area contributed by atoms with E-state index in [9.17, 15) is 4.79 Å². The monoisotopic (exact) mass is 373 g/mol. The summed E-state index contributed by atoms with van der Waals surface area (Å²) in [6.45, 7) is 5.77. The van der Waals surface area contributed by atoms with Gasteiger partial charge in [-0.3, -0.25) is 4.90 Å². The molecule has 0 aromatic rings. The van der Waals surface area contributed by atoms with E-state index in [1.807, 2.05) is 4.90 Å². The normalized spacial score (nSPS) is 23.9. The smallest absolute Gasteiger partial charge is 0.410 e. The van der Waals surface area contributed by atoms with E-state index >= 15 is 0 Å². The van der Waals surface area contributed by atoms with Crippen LogP contribution in [-0.2, 0) is 4.74 Å². The minimum Gasteiger partial charge on any atom is -0.446 e. The third-order valence-electron chi connectivity index (χ3n) is 5.92. The fourth-order valence-electron chi connectivity index (χ4n) is 4.29. The minimum absolute atomic E-state index is 0. The zero-order valence-electron chi connectivity index (χ0n) is 15.6. The largest absolute Gasteiger partial charge is 0.446 e.